The highest BCUT2D eigenvalue weighted by Crippen LogP contribution is 2.52. The third-order valence-electron chi connectivity index (χ3n) is 6.59. The van der Waals surface area contributed by atoms with Gasteiger partial charge >= 0.3 is 0 Å². The lowest BCUT2D eigenvalue weighted by molar-refractivity contribution is -0.134. The Hall–Kier alpha value is -0.570. The van der Waals surface area contributed by atoms with E-state index in [1.165, 1.54) is 25.7 Å². The molecule has 0 aromatic rings. The molecule has 1 heterocycles. The van der Waals surface area contributed by atoms with E-state index in [-0.39, 0.29) is 5.54 Å². The number of rotatable bonds is 4. The van der Waals surface area contributed by atoms with E-state index < -0.39 is 0 Å². The second-order valence-corrected chi connectivity index (χ2v) is 7.82. The van der Waals surface area contributed by atoms with E-state index >= 15 is 0 Å². The molecule has 3 heteroatoms. The van der Waals surface area contributed by atoms with Gasteiger partial charge in [-0.05, 0) is 63.2 Å². The van der Waals surface area contributed by atoms with Gasteiger partial charge in [-0.3, -0.25) is 10.1 Å². The number of amides is 1. The summed E-state index contributed by atoms with van der Waals surface area (Å²) in [4.78, 5) is 15.1. The number of hydrogen-bond acceptors (Lipinski definition) is 2. The van der Waals surface area contributed by atoms with E-state index in [0.717, 1.165) is 43.4 Å². The first kappa shape index (κ1) is 13.1. The van der Waals surface area contributed by atoms with Crippen molar-refractivity contribution in [3.63, 3.8) is 0 Å². The maximum absolute atomic E-state index is 12.8. The summed E-state index contributed by atoms with van der Waals surface area (Å²) in [6.45, 7) is 4.55. The highest BCUT2D eigenvalue weighted by Gasteiger charge is 2.60. The zero-order valence-corrected chi connectivity index (χ0v) is 12.9. The topological polar surface area (TPSA) is 32.3 Å². The number of fused-ring (bicyclic) bond motifs is 2. The normalized spacial score (nSPS) is 42.7. The van der Waals surface area contributed by atoms with Gasteiger partial charge in [0.25, 0.3) is 0 Å². The van der Waals surface area contributed by atoms with Gasteiger partial charge in [-0.15, -0.1) is 0 Å². The lowest BCUT2D eigenvalue weighted by Crippen LogP contribution is -2.47. The number of hydrogen-bond donors (Lipinski definition) is 1. The van der Waals surface area contributed by atoms with Gasteiger partial charge in [0, 0.05) is 6.04 Å². The largest absolute Gasteiger partial charge is 0.323 e. The van der Waals surface area contributed by atoms with Crippen LogP contribution in [0.15, 0.2) is 0 Å². The first-order valence-corrected chi connectivity index (χ1v) is 8.75. The maximum atomic E-state index is 12.8. The molecule has 3 nitrogen and oxygen atoms in total. The summed E-state index contributed by atoms with van der Waals surface area (Å²) in [5, 5.41) is 3.67. The van der Waals surface area contributed by atoms with Gasteiger partial charge in [0.1, 0.15) is 0 Å². The molecule has 2 bridgehead atoms. The molecule has 1 amide bonds. The monoisotopic (exact) mass is 276 g/mol. The van der Waals surface area contributed by atoms with Crippen LogP contribution in [0.5, 0.6) is 0 Å². The molecule has 0 aromatic heterocycles. The fraction of sp³-hybridized carbons (Fsp3) is 0.941. The van der Waals surface area contributed by atoms with Crippen LogP contribution >= 0.6 is 0 Å². The molecule has 5 unspecified atom stereocenters. The summed E-state index contributed by atoms with van der Waals surface area (Å²) in [5.74, 6) is 3.07. The second kappa shape index (κ2) is 4.46. The van der Waals surface area contributed by atoms with Crippen LogP contribution < -0.4 is 5.32 Å². The van der Waals surface area contributed by atoms with Crippen LogP contribution in [0, 0.1) is 17.8 Å². The number of nitrogens with zero attached hydrogens (tertiary/aromatic N) is 1. The summed E-state index contributed by atoms with van der Waals surface area (Å²) in [7, 11) is 0. The van der Waals surface area contributed by atoms with Gasteiger partial charge in [0.05, 0.1) is 11.7 Å². The molecule has 1 spiro atoms. The Bertz CT molecular complexity index is 417. The van der Waals surface area contributed by atoms with Crippen LogP contribution in [-0.2, 0) is 4.79 Å². The van der Waals surface area contributed by atoms with E-state index in [0.29, 0.717) is 18.1 Å². The Labute approximate surface area is 122 Å². The van der Waals surface area contributed by atoms with Crippen molar-refractivity contribution < 1.29 is 4.79 Å². The molecule has 3 aliphatic carbocycles. The minimum Gasteiger partial charge on any atom is -0.323 e. The molecule has 4 rings (SSSR count). The van der Waals surface area contributed by atoms with Gasteiger partial charge in [0.2, 0.25) is 5.91 Å². The van der Waals surface area contributed by atoms with Crippen LogP contribution in [0.1, 0.15) is 65.2 Å². The van der Waals surface area contributed by atoms with Crippen molar-refractivity contribution >= 4 is 5.91 Å². The molecule has 3 saturated carbocycles. The summed E-state index contributed by atoms with van der Waals surface area (Å²) in [6.07, 6.45) is 10.4. The zero-order valence-electron chi connectivity index (χ0n) is 12.9. The summed E-state index contributed by atoms with van der Waals surface area (Å²) < 4.78 is 0. The van der Waals surface area contributed by atoms with Gasteiger partial charge in [0.15, 0.2) is 0 Å². The molecular weight excluding hydrogens is 248 g/mol. The minimum atomic E-state index is -0.133. The predicted molar refractivity (Wildman–Crippen MR) is 79.0 cm³/mol. The highest BCUT2D eigenvalue weighted by atomic mass is 16.2. The number of carbonyl (C=O) groups is 1. The average Bonchev–Trinajstić information content (AvgIpc) is 2.82. The molecule has 1 N–H and O–H groups in total. The fourth-order valence-electron chi connectivity index (χ4n) is 5.37. The molecule has 20 heavy (non-hydrogen) atoms. The molecule has 0 aromatic carbocycles. The van der Waals surface area contributed by atoms with Crippen LogP contribution in [0.3, 0.4) is 0 Å². The smallest absolute Gasteiger partial charge is 0.244 e. The minimum absolute atomic E-state index is 0.133. The predicted octanol–water partition coefficient (Wildman–Crippen LogP) is 2.90. The first-order valence-electron chi connectivity index (χ1n) is 8.75. The Morgan fingerprint density at radius 1 is 1.35 bits per heavy atom. The molecule has 1 saturated heterocycles. The van der Waals surface area contributed by atoms with Crippen molar-refractivity contribution in [3.05, 3.63) is 0 Å². The zero-order chi connectivity index (χ0) is 13.9. The lowest BCUT2D eigenvalue weighted by atomic mass is 9.83. The third kappa shape index (κ3) is 1.78. The van der Waals surface area contributed by atoms with Crippen molar-refractivity contribution in [2.45, 2.75) is 83.0 Å². The van der Waals surface area contributed by atoms with Crippen LogP contribution in [0.4, 0.5) is 0 Å². The van der Waals surface area contributed by atoms with E-state index in [1.54, 1.807) is 0 Å². The van der Waals surface area contributed by atoms with Gasteiger partial charge in [-0.1, -0.05) is 19.8 Å². The van der Waals surface area contributed by atoms with Crippen molar-refractivity contribution in [2.75, 3.05) is 0 Å². The lowest BCUT2D eigenvalue weighted by Gasteiger charge is -2.37. The van der Waals surface area contributed by atoms with Crippen molar-refractivity contribution in [3.8, 4) is 0 Å². The van der Waals surface area contributed by atoms with E-state index in [4.69, 9.17) is 0 Å². The SMILES string of the molecule is CCCC1NC2(CC2)C(=O)N1C(C)C1CC2CCC1C2. The van der Waals surface area contributed by atoms with Crippen molar-refractivity contribution in [1.82, 2.24) is 10.2 Å². The maximum Gasteiger partial charge on any atom is 0.244 e. The summed E-state index contributed by atoms with van der Waals surface area (Å²) >= 11 is 0. The molecule has 5 atom stereocenters. The van der Waals surface area contributed by atoms with Crippen LogP contribution in [-0.4, -0.2) is 28.6 Å². The van der Waals surface area contributed by atoms with Crippen molar-refractivity contribution in [1.29, 1.82) is 0 Å². The quantitative estimate of drug-likeness (QED) is 0.856. The summed E-state index contributed by atoms with van der Waals surface area (Å²) in [6, 6.07) is 0.446. The van der Waals surface area contributed by atoms with Crippen LogP contribution in [0.2, 0.25) is 0 Å². The first-order chi connectivity index (χ1) is 9.64. The molecule has 4 aliphatic rings. The third-order valence-corrected chi connectivity index (χ3v) is 6.59. The van der Waals surface area contributed by atoms with E-state index in [1.807, 2.05) is 0 Å². The molecule has 1 aliphatic heterocycles. The van der Waals surface area contributed by atoms with Gasteiger partial charge in [-0.25, -0.2) is 0 Å². The fourth-order valence-corrected chi connectivity index (χ4v) is 5.37. The van der Waals surface area contributed by atoms with Gasteiger partial charge in [-0.2, -0.15) is 0 Å². The molecular formula is C17H28N2O. The summed E-state index contributed by atoms with van der Waals surface area (Å²) in [5.41, 5.74) is -0.133. The Kier molecular flexibility index (Phi) is 2.93. The highest BCUT2D eigenvalue weighted by molar-refractivity contribution is 5.92. The van der Waals surface area contributed by atoms with Crippen LogP contribution in [0.25, 0.3) is 0 Å². The molecule has 0 radical (unpaired) electrons. The Balaban J connectivity index is 1.54. The second-order valence-electron chi connectivity index (χ2n) is 7.82. The standard InChI is InChI=1S/C17H28N2O/c1-3-4-15-18-17(7-8-17)16(20)19(15)11(2)14-10-12-5-6-13(14)9-12/h11-15,18H,3-10H2,1-2H3. The van der Waals surface area contributed by atoms with E-state index in [9.17, 15) is 4.79 Å². The van der Waals surface area contributed by atoms with Gasteiger partial charge < -0.3 is 4.90 Å². The number of nitrogens with one attached hydrogen (secondary N) is 1. The Morgan fingerprint density at radius 3 is 2.70 bits per heavy atom. The Morgan fingerprint density at radius 2 is 2.15 bits per heavy atom. The van der Waals surface area contributed by atoms with Crippen molar-refractivity contribution in [2.24, 2.45) is 17.8 Å². The van der Waals surface area contributed by atoms with E-state index in [2.05, 4.69) is 24.1 Å². The molecule has 4 fully saturated rings. The average molecular weight is 276 g/mol. The molecule has 112 valence electrons. The number of carbonyl (C=O) groups excluding carboxylic acids is 1.